The molecule has 5 aromatic carbocycles. The van der Waals surface area contributed by atoms with Crippen LogP contribution in [-0.2, 0) is 41.9 Å². The van der Waals surface area contributed by atoms with E-state index in [0.717, 1.165) is 145 Å². The second kappa shape index (κ2) is 27.0. The number of amides is 1. The highest BCUT2D eigenvalue weighted by Crippen LogP contribution is 2.44. The summed E-state index contributed by atoms with van der Waals surface area (Å²) in [7, 11) is 0. The lowest BCUT2D eigenvalue weighted by molar-refractivity contribution is -0.384. The molecule has 0 atom stereocenters. The molecule has 0 spiro atoms. The van der Waals surface area contributed by atoms with Crippen LogP contribution in [0.1, 0.15) is 239 Å². The van der Waals surface area contributed by atoms with E-state index >= 15 is 0 Å². The Balaban J connectivity index is 1.75. The first-order valence-corrected chi connectivity index (χ1v) is 28.9. The molecule has 412 valence electrons. The molecule has 0 fully saturated rings. The highest BCUT2D eigenvalue weighted by molar-refractivity contribution is 6.04. The van der Waals surface area contributed by atoms with Crippen molar-refractivity contribution in [1.82, 2.24) is 0 Å². The first-order chi connectivity index (χ1) is 36.1. The summed E-state index contributed by atoms with van der Waals surface area (Å²) in [6.07, 6.45) is 14.5. The number of nitrogens with zero attached hydrogens (tertiary/aromatic N) is 1. The number of hydrogen-bond donors (Lipinski definition) is 1. The molecule has 0 saturated heterocycles. The molecular formula is C67H92N2O7. The van der Waals surface area contributed by atoms with Crippen molar-refractivity contribution in [1.29, 1.82) is 0 Å². The van der Waals surface area contributed by atoms with Crippen LogP contribution < -0.4 is 24.3 Å². The van der Waals surface area contributed by atoms with Crippen LogP contribution in [0.4, 0.5) is 11.4 Å². The molecule has 0 aliphatic heterocycles. The van der Waals surface area contributed by atoms with Crippen molar-refractivity contribution in [3.63, 3.8) is 0 Å². The third-order valence-electron chi connectivity index (χ3n) is 14.7. The van der Waals surface area contributed by atoms with Crippen LogP contribution >= 0.6 is 0 Å². The summed E-state index contributed by atoms with van der Waals surface area (Å²) < 4.78 is 28.6. The number of anilines is 1. The van der Waals surface area contributed by atoms with Crippen molar-refractivity contribution in [2.45, 2.75) is 209 Å². The van der Waals surface area contributed by atoms with Crippen molar-refractivity contribution < 1.29 is 28.7 Å². The van der Waals surface area contributed by atoms with Gasteiger partial charge in [0.25, 0.3) is 11.6 Å². The second-order valence-electron chi connectivity index (χ2n) is 24.4. The van der Waals surface area contributed by atoms with Gasteiger partial charge in [0.05, 0.1) is 31.4 Å². The first-order valence-electron chi connectivity index (χ1n) is 28.9. The van der Waals surface area contributed by atoms with Gasteiger partial charge in [0, 0.05) is 60.2 Å². The standard InChI is InChI=1S/C67H92N2O7/c1-14-18-22-30-73-60-47-34-49-40-56(66(8,9)10)42-51(61(49)74-31-23-19-15-2)36-53-44-58(68-64(70)46-26-28-59(29-27-46)69(71)72)45-54(63(53)76-33-25-21-17-4)37-52-43-57(67(11,12)13)41-50(62(52)75-32-24-20-16-3)35-48(60)39-55(38-47)65(5,6)7/h26-29,38-45H,14-25,30-37H2,1-13H3,(H,68,70). The van der Waals surface area contributed by atoms with Crippen LogP contribution in [0.15, 0.2) is 72.8 Å². The molecule has 5 aromatic rings. The smallest absolute Gasteiger partial charge is 0.269 e. The molecule has 76 heavy (non-hydrogen) atoms. The van der Waals surface area contributed by atoms with Gasteiger partial charge in [0.1, 0.15) is 23.0 Å². The Hall–Kier alpha value is -5.83. The highest BCUT2D eigenvalue weighted by atomic mass is 16.6. The van der Waals surface area contributed by atoms with Gasteiger partial charge in [-0.05, 0) is 116 Å². The van der Waals surface area contributed by atoms with Crippen molar-refractivity contribution >= 4 is 17.3 Å². The van der Waals surface area contributed by atoms with Crippen LogP contribution in [0.3, 0.4) is 0 Å². The predicted octanol–water partition coefficient (Wildman–Crippen LogP) is 17.7. The third kappa shape index (κ3) is 16.1. The first kappa shape index (κ1) is 59.4. The maximum Gasteiger partial charge on any atom is 0.269 e. The number of fused-ring (bicyclic) bond motifs is 8. The van der Waals surface area contributed by atoms with Gasteiger partial charge in [-0.25, -0.2) is 0 Å². The summed E-state index contributed by atoms with van der Waals surface area (Å²) in [4.78, 5) is 25.4. The summed E-state index contributed by atoms with van der Waals surface area (Å²) in [5.74, 6) is 3.17. The van der Waals surface area contributed by atoms with Gasteiger partial charge in [0.15, 0.2) is 0 Å². The normalized spacial score (nSPS) is 12.8. The number of rotatable bonds is 23. The van der Waals surface area contributed by atoms with Gasteiger partial charge in [0.2, 0.25) is 0 Å². The Bertz CT molecular complexity index is 2610. The molecule has 1 aliphatic rings. The molecule has 1 amide bonds. The van der Waals surface area contributed by atoms with Crippen molar-refractivity contribution in [3.05, 3.63) is 150 Å². The summed E-state index contributed by atoms with van der Waals surface area (Å²) in [6, 6.07) is 24.1. The van der Waals surface area contributed by atoms with E-state index in [-0.39, 0.29) is 27.8 Å². The summed E-state index contributed by atoms with van der Waals surface area (Å²) in [5, 5.41) is 14.8. The zero-order valence-electron chi connectivity index (χ0n) is 48.9. The molecule has 0 saturated carbocycles. The van der Waals surface area contributed by atoms with Crippen LogP contribution in [-0.4, -0.2) is 37.3 Å². The zero-order valence-corrected chi connectivity index (χ0v) is 48.9. The van der Waals surface area contributed by atoms with E-state index in [1.54, 1.807) is 0 Å². The molecule has 9 heteroatoms. The SMILES string of the molecule is CCCCCOc1c2cc(NC(=O)c3ccc([N+](=O)[O-])cc3)cc1Cc1cc(C(C)(C)C)cc(c1OCCCCC)Cc1cc(C(C)(C)C)cc(c1OCCCCC)Cc1cc(C(C)(C)C)cc(c1OCCCCC)C2. The van der Waals surface area contributed by atoms with E-state index in [0.29, 0.717) is 63.4 Å². The fourth-order valence-electron chi connectivity index (χ4n) is 10.0. The van der Waals surface area contributed by atoms with Crippen molar-refractivity contribution in [2.75, 3.05) is 31.7 Å². The Morgan fingerprint density at radius 1 is 0.447 bits per heavy atom. The number of non-ortho nitro benzene ring substituents is 1. The van der Waals surface area contributed by atoms with Gasteiger partial charge in [-0.1, -0.05) is 178 Å². The van der Waals surface area contributed by atoms with Gasteiger partial charge in [-0.15, -0.1) is 0 Å². The van der Waals surface area contributed by atoms with E-state index in [4.69, 9.17) is 18.9 Å². The lowest BCUT2D eigenvalue weighted by atomic mass is 9.80. The minimum Gasteiger partial charge on any atom is -0.493 e. The molecule has 1 N–H and O–H groups in total. The number of nitro groups is 1. The Labute approximate surface area is 457 Å². The minimum absolute atomic E-state index is 0.0721. The lowest BCUT2D eigenvalue weighted by Crippen LogP contribution is -2.17. The second-order valence-corrected chi connectivity index (χ2v) is 24.4. The van der Waals surface area contributed by atoms with Gasteiger partial charge in [-0.2, -0.15) is 0 Å². The summed E-state index contributed by atoms with van der Waals surface area (Å²) in [5.41, 5.74) is 12.5. The van der Waals surface area contributed by atoms with E-state index in [1.807, 2.05) is 0 Å². The Morgan fingerprint density at radius 2 is 0.711 bits per heavy atom. The number of unbranched alkanes of at least 4 members (excludes halogenated alkanes) is 8. The molecule has 6 rings (SSSR count). The molecule has 0 heterocycles. The van der Waals surface area contributed by atoms with Crippen LogP contribution in [0.2, 0.25) is 0 Å². The topological polar surface area (TPSA) is 109 Å². The van der Waals surface area contributed by atoms with Gasteiger partial charge < -0.3 is 24.3 Å². The predicted molar refractivity (Wildman–Crippen MR) is 314 cm³/mol. The quantitative estimate of drug-likeness (QED) is 0.0387. The van der Waals surface area contributed by atoms with Gasteiger partial charge in [-0.3, -0.25) is 14.9 Å². The van der Waals surface area contributed by atoms with Crippen LogP contribution in [0.5, 0.6) is 23.0 Å². The largest absolute Gasteiger partial charge is 0.493 e. The van der Waals surface area contributed by atoms with E-state index in [2.05, 4.69) is 144 Å². The number of carbonyl (C=O) groups excluding carboxylic acids is 1. The average Bonchev–Trinajstić information content (AvgIpc) is 3.35. The number of ether oxygens (including phenoxy) is 4. The number of hydrogen-bond acceptors (Lipinski definition) is 7. The maximum atomic E-state index is 14.3. The summed E-state index contributed by atoms with van der Waals surface area (Å²) >= 11 is 0. The fourth-order valence-corrected chi connectivity index (χ4v) is 10.0. The molecule has 0 aromatic heterocycles. The van der Waals surface area contributed by atoms with Crippen LogP contribution in [0, 0.1) is 10.1 Å². The number of nitrogens with one attached hydrogen (secondary N) is 1. The maximum absolute atomic E-state index is 14.3. The highest BCUT2D eigenvalue weighted by Gasteiger charge is 2.29. The van der Waals surface area contributed by atoms with Gasteiger partial charge >= 0.3 is 0 Å². The number of carbonyl (C=O) groups is 1. The Kier molecular flexibility index (Phi) is 21.1. The molecular weight excluding hydrogens is 945 g/mol. The molecule has 8 bridgehead atoms. The molecule has 0 radical (unpaired) electrons. The van der Waals surface area contributed by atoms with E-state index in [1.165, 1.54) is 41.0 Å². The molecule has 1 aliphatic carbocycles. The van der Waals surface area contributed by atoms with E-state index in [9.17, 15) is 14.9 Å². The number of nitro benzene ring substituents is 1. The lowest BCUT2D eigenvalue weighted by Gasteiger charge is -2.29. The Morgan fingerprint density at radius 3 is 0.947 bits per heavy atom. The minimum atomic E-state index is -0.451. The van der Waals surface area contributed by atoms with E-state index < -0.39 is 4.92 Å². The van der Waals surface area contributed by atoms with Crippen molar-refractivity contribution in [3.8, 4) is 23.0 Å². The average molecular weight is 1040 g/mol. The fraction of sp³-hybridized carbons (Fsp3) is 0.537. The monoisotopic (exact) mass is 1040 g/mol. The van der Waals surface area contributed by atoms with Crippen LogP contribution in [0.25, 0.3) is 0 Å². The number of benzene rings is 5. The molecule has 0 unspecified atom stereocenters. The molecule has 9 nitrogen and oxygen atoms in total. The summed E-state index contributed by atoms with van der Waals surface area (Å²) in [6.45, 7) is 31.8. The third-order valence-corrected chi connectivity index (χ3v) is 14.7. The van der Waals surface area contributed by atoms with Crippen molar-refractivity contribution in [2.24, 2.45) is 0 Å². The zero-order chi connectivity index (χ0) is 55.2.